The molecular weight excluding hydrogens is 179 g/mol. The monoisotopic (exact) mass is 196 g/mol. The molecule has 0 saturated carbocycles. The average molecular weight is 196 g/mol. The molecule has 14 heavy (non-hydrogen) atoms. The second-order valence-corrected chi connectivity index (χ2v) is 3.95. The average Bonchev–Trinajstić information content (AvgIpc) is 2.13. The highest BCUT2D eigenvalue weighted by atomic mass is 19.1. The summed E-state index contributed by atoms with van der Waals surface area (Å²) >= 11 is 0. The highest BCUT2D eigenvalue weighted by molar-refractivity contribution is 5.49. The highest BCUT2D eigenvalue weighted by Crippen LogP contribution is 2.26. The van der Waals surface area contributed by atoms with Crippen molar-refractivity contribution in [2.45, 2.75) is 26.8 Å². The number of nitrogens with two attached hydrogens (primary N) is 2. The van der Waals surface area contributed by atoms with Crippen molar-refractivity contribution in [3.63, 3.8) is 0 Å². The van der Waals surface area contributed by atoms with Gasteiger partial charge in [0.2, 0.25) is 0 Å². The zero-order chi connectivity index (χ0) is 10.9. The fourth-order valence-electron chi connectivity index (χ4n) is 1.34. The van der Waals surface area contributed by atoms with Crippen LogP contribution in [0.15, 0.2) is 12.1 Å². The normalized spacial score (nSPS) is 13.3. The van der Waals surface area contributed by atoms with Crippen LogP contribution in [0.4, 0.5) is 10.1 Å². The molecule has 0 aromatic heterocycles. The summed E-state index contributed by atoms with van der Waals surface area (Å²) in [5.41, 5.74) is 13.0. The van der Waals surface area contributed by atoms with Crippen molar-refractivity contribution in [2.75, 3.05) is 5.73 Å². The van der Waals surface area contributed by atoms with E-state index in [1.54, 1.807) is 19.1 Å². The number of halogens is 1. The molecule has 2 nitrogen and oxygen atoms in total. The van der Waals surface area contributed by atoms with Crippen molar-refractivity contribution in [1.82, 2.24) is 0 Å². The van der Waals surface area contributed by atoms with Gasteiger partial charge >= 0.3 is 0 Å². The van der Waals surface area contributed by atoms with Gasteiger partial charge in [0.1, 0.15) is 5.82 Å². The van der Waals surface area contributed by atoms with Crippen molar-refractivity contribution in [2.24, 2.45) is 11.7 Å². The van der Waals surface area contributed by atoms with Crippen LogP contribution in [0.3, 0.4) is 0 Å². The topological polar surface area (TPSA) is 52.0 Å². The molecule has 78 valence electrons. The van der Waals surface area contributed by atoms with Crippen LogP contribution in [-0.2, 0) is 0 Å². The molecule has 1 aromatic rings. The fourth-order valence-corrected chi connectivity index (χ4v) is 1.34. The molecule has 3 heteroatoms. The summed E-state index contributed by atoms with van der Waals surface area (Å²) in [7, 11) is 0. The summed E-state index contributed by atoms with van der Waals surface area (Å²) in [4.78, 5) is 0. The predicted octanol–water partition coefficient (Wildman–Crippen LogP) is 2.37. The van der Waals surface area contributed by atoms with Crippen molar-refractivity contribution in [3.8, 4) is 0 Å². The number of anilines is 1. The standard InChI is InChI=1S/C11H17FN2/c1-6(2)11(14)8-4-5-9(13)7(3)10(8)12/h4-6,11H,13-14H2,1-3H3/t11-/m1/s1. The summed E-state index contributed by atoms with van der Waals surface area (Å²) < 4.78 is 13.7. The molecule has 0 bridgehead atoms. The van der Waals surface area contributed by atoms with Gasteiger partial charge in [-0.2, -0.15) is 0 Å². The molecule has 0 aliphatic carbocycles. The smallest absolute Gasteiger partial charge is 0.132 e. The lowest BCUT2D eigenvalue weighted by atomic mass is 9.94. The van der Waals surface area contributed by atoms with Crippen molar-refractivity contribution < 1.29 is 4.39 Å². The van der Waals surface area contributed by atoms with Gasteiger partial charge in [0, 0.05) is 22.9 Å². The third-order valence-electron chi connectivity index (χ3n) is 2.54. The summed E-state index contributed by atoms with van der Waals surface area (Å²) in [6.07, 6.45) is 0. The van der Waals surface area contributed by atoms with E-state index in [0.29, 0.717) is 16.8 Å². The number of hydrogen-bond acceptors (Lipinski definition) is 2. The third-order valence-corrected chi connectivity index (χ3v) is 2.54. The van der Waals surface area contributed by atoms with Gasteiger partial charge in [0.15, 0.2) is 0 Å². The number of hydrogen-bond donors (Lipinski definition) is 2. The maximum atomic E-state index is 13.7. The lowest BCUT2D eigenvalue weighted by molar-refractivity contribution is 0.483. The molecule has 1 atom stereocenters. The second kappa shape index (κ2) is 3.96. The maximum Gasteiger partial charge on any atom is 0.132 e. The molecule has 1 aromatic carbocycles. The number of rotatable bonds is 2. The Bertz CT molecular complexity index is 334. The first-order valence-corrected chi connectivity index (χ1v) is 4.75. The molecular formula is C11H17FN2. The van der Waals surface area contributed by atoms with E-state index in [9.17, 15) is 4.39 Å². The van der Waals surface area contributed by atoms with Crippen LogP contribution in [0.25, 0.3) is 0 Å². The van der Waals surface area contributed by atoms with E-state index in [1.165, 1.54) is 0 Å². The Morgan fingerprint density at radius 2 is 1.86 bits per heavy atom. The largest absolute Gasteiger partial charge is 0.398 e. The van der Waals surface area contributed by atoms with Crippen molar-refractivity contribution in [3.05, 3.63) is 29.1 Å². The van der Waals surface area contributed by atoms with Crippen LogP contribution in [0.2, 0.25) is 0 Å². The van der Waals surface area contributed by atoms with Crippen LogP contribution >= 0.6 is 0 Å². The molecule has 1 rings (SSSR count). The SMILES string of the molecule is Cc1c(N)ccc([C@H](N)C(C)C)c1F. The summed E-state index contributed by atoms with van der Waals surface area (Å²) in [5.74, 6) is -0.0567. The van der Waals surface area contributed by atoms with E-state index in [2.05, 4.69) is 0 Å². The zero-order valence-corrected chi connectivity index (χ0v) is 8.84. The van der Waals surface area contributed by atoms with Crippen LogP contribution in [0, 0.1) is 18.7 Å². The minimum Gasteiger partial charge on any atom is -0.398 e. The first-order valence-electron chi connectivity index (χ1n) is 4.75. The van der Waals surface area contributed by atoms with Crippen molar-refractivity contribution >= 4 is 5.69 Å². The molecule has 0 unspecified atom stereocenters. The first kappa shape index (κ1) is 11.0. The quantitative estimate of drug-likeness (QED) is 0.713. The molecule has 0 heterocycles. The summed E-state index contributed by atoms with van der Waals surface area (Å²) in [6, 6.07) is 3.10. The van der Waals surface area contributed by atoms with Gasteiger partial charge in [-0.25, -0.2) is 4.39 Å². The highest BCUT2D eigenvalue weighted by Gasteiger charge is 2.16. The zero-order valence-electron chi connectivity index (χ0n) is 8.84. The van der Waals surface area contributed by atoms with Gasteiger partial charge in [-0.15, -0.1) is 0 Å². The minimum atomic E-state index is -0.272. The molecule has 0 spiro atoms. The lowest BCUT2D eigenvalue weighted by Gasteiger charge is -2.18. The van der Waals surface area contributed by atoms with E-state index >= 15 is 0 Å². The number of nitrogen functional groups attached to an aromatic ring is 1. The predicted molar refractivity (Wildman–Crippen MR) is 57.3 cm³/mol. The Morgan fingerprint density at radius 1 is 1.29 bits per heavy atom. The van der Waals surface area contributed by atoms with Gasteiger partial charge in [-0.05, 0) is 18.9 Å². The Kier molecular flexibility index (Phi) is 3.11. The van der Waals surface area contributed by atoms with Crippen LogP contribution < -0.4 is 11.5 Å². The van der Waals surface area contributed by atoms with Crippen LogP contribution in [-0.4, -0.2) is 0 Å². The Morgan fingerprint density at radius 3 is 2.36 bits per heavy atom. The molecule has 0 aliphatic heterocycles. The van der Waals surface area contributed by atoms with Crippen molar-refractivity contribution in [1.29, 1.82) is 0 Å². The molecule has 0 fully saturated rings. The van der Waals surface area contributed by atoms with E-state index in [1.807, 2.05) is 13.8 Å². The maximum absolute atomic E-state index is 13.7. The molecule has 0 radical (unpaired) electrons. The number of benzene rings is 1. The second-order valence-electron chi connectivity index (χ2n) is 3.95. The van der Waals surface area contributed by atoms with E-state index in [4.69, 9.17) is 11.5 Å². The summed E-state index contributed by atoms with van der Waals surface area (Å²) in [5, 5.41) is 0. The molecule has 0 aliphatic rings. The van der Waals surface area contributed by atoms with Gasteiger partial charge in [-0.1, -0.05) is 19.9 Å². The van der Waals surface area contributed by atoms with E-state index in [-0.39, 0.29) is 17.8 Å². The molecule has 4 N–H and O–H groups in total. The molecule has 0 saturated heterocycles. The fraction of sp³-hybridized carbons (Fsp3) is 0.455. The summed E-state index contributed by atoms with van der Waals surface area (Å²) in [6.45, 7) is 5.60. The van der Waals surface area contributed by atoms with E-state index in [0.717, 1.165) is 0 Å². The Labute approximate surface area is 84.1 Å². The van der Waals surface area contributed by atoms with E-state index < -0.39 is 0 Å². The van der Waals surface area contributed by atoms with Crippen LogP contribution in [0.5, 0.6) is 0 Å². The third kappa shape index (κ3) is 1.87. The lowest BCUT2D eigenvalue weighted by Crippen LogP contribution is -2.18. The van der Waals surface area contributed by atoms with Gasteiger partial charge in [-0.3, -0.25) is 0 Å². The van der Waals surface area contributed by atoms with Crippen LogP contribution in [0.1, 0.15) is 31.0 Å². The Hall–Kier alpha value is -1.09. The van der Waals surface area contributed by atoms with Gasteiger partial charge in [0.25, 0.3) is 0 Å². The first-order chi connectivity index (χ1) is 6.45. The molecule has 0 amide bonds. The van der Waals surface area contributed by atoms with Gasteiger partial charge < -0.3 is 11.5 Å². The Balaban J connectivity index is 3.17. The van der Waals surface area contributed by atoms with Gasteiger partial charge in [0.05, 0.1) is 0 Å². The minimum absolute atomic E-state index is 0.215.